The Morgan fingerprint density at radius 3 is 2.39 bits per heavy atom. The average Bonchev–Trinajstić information content (AvgIpc) is 3.49. The second kappa shape index (κ2) is 13.9. The topological polar surface area (TPSA) is 142 Å². The second-order valence-electron chi connectivity index (χ2n) is 10.0. The molecule has 2 unspecified atom stereocenters. The molecule has 0 spiro atoms. The van der Waals surface area contributed by atoms with Crippen molar-refractivity contribution in [3.05, 3.63) is 48.2 Å². The second-order valence-corrected chi connectivity index (χ2v) is 10.0. The number of nitrogens with one attached hydrogen (secondary N) is 1. The molecule has 2 aliphatic heterocycles. The number of piperazine rings is 1. The molecular formula is C29H37N5O7. The summed E-state index contributed by atoms with van der Waals surface area (Å²) in [6.45, 7) is 4.48. The van der Waals surface area contributed by atoms with Crippen LogP contribution in [0.2, 0.25) is 0 Å². The SMILES string of the molecule is CCOC(=O)N1CCN(C(=O)C(CCC(=O)O)NC(=O)c2cc(N3CCC(OC)C3)cc(-c3ccccc3)n2)CC1. The fraction of sp³-hybridized carbons (Fsp3) is 0.483. The number of hydrogen-bond acceptors (Lipinski definition) is 8. The predicted molar refractivity (Wildman–Crippen MR) is 151 cm³/mol. The molecule has 0 aliphatic carbocycles. The lowest BCUT2D eigenvalue weighted by atomic mass is 10.1. The molecule has 2 atom stereocenters. The number of carbonyl (C=O) groups excluding carboxylic acids is 3. The largest absolute Gasteiger partial charge is 0.481 e. The molecule has 0 bridgehead atoms. The van der Waals surface area contributed by atoms with E-state index in [2.05, 4.69) is 15.2 Å². The van der Waals surface area contributed by atoms with Crippen molar-refractivity contribution in [1.82, 2.24) is 20.1 Å². The highest BCUT2D eigenvalue weighted by molar-refractivity contribution is 5.97. The van der Waals surface area contributed by atoms with Crippen LogP contribution in [0.5, 0.6) is 0 Å². The summed E-state index contributed by atoms with van der Waals surface area (Å²) in [4.78, 5) is 60.2. The first-order valence-corrected chi connectivity index (χ1v) is 13.9. The van der Waals surface area contributed by atoms with E-state index in [9.17, 15) is 24.3 Å². The number of aliphatic carboxylic acids is 1. The molecule has 2 aromatic rings. The van der Waals surface area contributed by atoms with Crippen molar-refractivity contribution in [1.29, 1.82) is 0 Å². The molecule has 2 saturated heterocycles. The van der Waals surface area contributed by atoms with Gasteiger partial charge in [0, 0.05) is 64.0 Å². The van der Waals surface area contributed by atoms with Gasteiger partial charge in [0.2, 0.25) is 5.91 Å². The lowest BCUT2D eigenvalue weighted by molar-refractivity contribution is -0.138. The number of ether oxygens (including phenoxy) is 2. The predicted octanol–water partition coefficient (Wildman–Crippen LogP) is 2.24. The van der Waals surface area contributed by atoms with Gasteiger partial charge < -0.3 is 34.6 Å². The van der Waals surface area contributed by atoms with Crippen LogP contribution in [0.25, 0.3) is 11.3 Å². The number of rotatable bonds is 10. The van der Waals surface area contributed by atoms with E-state index in [-0.39, 0.29) is 57.4 Å². The molecule has 220 valence electrons. The van der Waals surface area contributed by atoms with Crippen molar-refractivity contribution < 1.29 is 33.8 Å². The molecule has 1 aromatic heterocycles. The number of pyridine rings is 1. The Kier molecular flexibility index (Phi) is 10.1. The first-order valence-electron chi connectivity index (χ1n) is 13.9. The van der Waals surface area contributed by atoms with Gasteiger partial charge in [-0.1, -0.05) is 30.3 Å². The highest BCUT2D eigenvalue weighted by atomic mass is 16.6. The van der Waals surface area contributed by atoms with Crippen LogP contribution >= 0.6 is 0 Å². The fourth-order valence-electron chi connectivity index (χ4n) is 5.03. The number of carbonyl (C=O) groups is 4. The Hall–Kier alpha value is -4.19. The molecule has 12 heteroatoms. The van der Waals surface area contributed by atoms with Crippen molar-refractivity contribution >= 4 is 29.6 Å². The molecule has 1 aromatic carbocycles. The molecular weight excluding hydrogens is 530 g/mol. The number of nitrogens with zero attached hydrogens (tertiary/aromatic N) is 4. The third-order valence-electron chi connectivity index (χ3n) is 7.32. The Morgan fingerprint density at radius 2 is 1.76 bits per heavy atom. The fourth-order valence-corrected chi connectivity index (χ4v) is 5.03. The van der Waals surface area contributed by atoms with E-state index in [1.807, 2.05) is 36.4 Å². The van der Waals surface area contributed by atoms with Crippen LogP contribution in [-0.4, -0.2) is 109 Å². The number of benzene rings is 1. The number of carboxylic acids is 1. The standard InChI is InChI=1S/C29H37N5O7/c1-3-41-29(39)33-15-13-32(14-16-33)28(38)23(9-10-26(35)36)31-27(37)25-18-21(34-12-11-22(19-34)40-2)17-24(30-25)20-7-5-4-6-8-20/h4-8,17-18,22-23H,3,9-16,19H2,1-2H3,(H,31,37)(H,35,36). The number of hydrogen-bond donors (Lipinski definition) is 2. The van der Waals surface area contributed by atoms with E-state index in [0.29, 0.717) is 12.2 Å². The third-order valence-corrected chi connectivity index (χ3v) is 7.32. The summed E-state index contributed by atoms with van der Waals surface area (Å²) in [5.41, 5.74) is 2.39. The van der Waals surface area contributed by atoms with Gasteiger partial charge in [0.1, 0.15) is 11.7 Å². The van der Waals surface area contributed by atoms with Crippen LogP contribution in [0.4, 0.5) is 10.5 Å². The van der Waals surface area contributed by atoms with Crippen molar-refractivity contribution in [2.24, 2.45) is 0 Å². The number of methoxy groups -OCH3 is 1. The minimum absolute atomic E-state index is 0.0785. The van der Waals surface area contributed by atoms with Gasteiger partial charge in [-0.2, -0.15) is 0 Å². The Morgan fingerprint density at radius 1 is 1.05 bits per heavy atom. The molecule has 3 amide bonds. The molecule has 12 nitrogen and oxygen atoms in total. The normalized spacial score (nSPS) is 17.7. The number of amides is 3. The maximum absolute atomic E-state index is 13.6. The molecule has 0 saturated carbocycles. The van der Waals surface area contributed by atoms with Gasteiger partial charge in [-0.05, 0) is 31.9 Å². The molecule has 2 aliphatic rings. The summed E-state index contributed by atoms with van der Waals surface area (Å²) in [5.74, 6) is -2.04. The van der Waals surface area contributed by atoms with E-state index >= 15 is 0 Å². The molecule has 3 heterocycles. The van der Waals surface area contributed by atoms with Gasteiger partial charge in [0.15, 0.2) is 0 Å². The summed E-state index contributed by atoms with van der Waals surface area (Å²) in [7, 11) is 1.68. The summed E-state index contributed by atoms with van der Waals surface area (Å²) >= 11 is 0. The molecule has 0 radical (unpaired) electrons. The van der Waals surface area contributed by atoms with Crippen molar-refractivity contribution in [3.63, 3.8) is 0 Å². The van der Waals surface area contributed by atoms with E-state index in [1.165, 1.54) is 9.80 Å². The smallest absolute Gasteiger partial charge is 0.409 e. The Labute approximate surface area is 239 Å². The first-order chi connectivity index (χ1) is 19.8. The van der Waals surface area contributed by atoms with Crippen LogP contribution in [0.1, 0.15) is 36.7 Å². The number of aromatic nitrogens is 1. The van der Waals surface area contributed by atoms with Gasteiger partial charge in [-0.25, -0.2) is 9.78 Å². The lowest BCUT2D eigenvalue weighted by Gasteiger charge is -2.36. The van der Waals surface area contributed by atoms with E-state index in [0.717, 1.165) is 24.2 Å². The van der Waals surface area contributed by atoms with E-state index < -0.39 is 29.9 Å². The highest BCUT2D eigenvalue weighted by Crippen LogP contribution is 2.27. The van der Waals surface area contributed by atoms with Gasteiger partial charge in [-0.15, -0.1) is 0 Å². The van der Waals surface area contributed by atoms with Gasteiger partial charge >= 0.3 is 12.1 Å². The zero-order valence-electron chi connectivity index (χ0n) is 23.5. The number of carboxylic acid groups (broad SMARTS) is 1. The summed E-state index contributed by atoms with van der Waals surface area (Å²) < 4.78 is 10.6. The Bertz CT molecular complexity index is 1230. The van der Waals surface area contributed by atoms with Crippen molar-refractivity contribution in [2.75, 3.05) is 57.9 Å². The van der Waals surface area contributed by atoms with Crippen LogP contribution < -0.4 is 10.2 Å². The molecule has 4 rings (SSSR count). The maximum Gasteiger partial charge on any atom is 0.409 e. The van der Waals surface area contributed by atoms with Crippen LogP contribution in [0.3, 0.4) is 0 Å². The lowest BCUT2D eigenvalue weighted by Crippen LogP contribution is -2.56. The van der Waals surface area contributed by atoms with Crippen LogP contribution in [0, 0.1) is 0 Å². The Balaban J connectivity index is 1.54. The average molecular weight is 568 g/mol. The molecule has 41 heavy (non-hydrogen) atoms. The summed E-state index contributed by atoms with van der Waals surface area (Å²) in [6.07, 6.45) is 0.128. The van der Waals surface area contributed by atoms with Gasteiger partial charge in [0.05, 0.1) is 18.4 Å². The monoisotopic (exact) mass is 567 g/mol. The highest BCUT2D eigenvalue weighted by Gasteiger charge is 2.32. The third kappa shape index (κ3) is 7.72. The zero-order valence-corrected chi connectivity index (χ0v) is 23.5. The first kappa shape index (κ1) is 29.8. The zero-order chi connectivity index (χ0) is 29.4. The van der Waals surface area contributed by atoms with Crippen molar-refractivity contribution in [3.8, 4) is 11.3 Å². The van der Waals surface area contributed by atoms with E-state index in [1.54, 1.807) is 20.1 Å². The van der Waals surface area contributed by atoms with Gasteiger partial charge in [-0.3, -0.25) is 14.4 Å². The summed E-state index contributed by atoms with van der Waals surface area (Å²) in [5, 5.41) is 12.0. The van der Waals surface area contributed by atoms with E-state index in [4.69, 9.17) is 9.47 Å². The van der Waals surface area contributed by atoms with Crippen LogP contribution in [-0.2, 0) is 19.1 Å². The van der Waals surface area contributed by atoms with Gasteiger partial charge in [0.25, 0.3) is 5.91 Å². The minimum atomic E-state index is -1.07. The van der Waals surface area contributed by atoms with Crippen molar-refractivity contribution in [2.45, 2.75) is 38.3 Å². The van der Waals surface area contributed by atoms with Crippen LogP contribution in [0.15, 0.2) is 42.5 Å². The molecule has 2 N–H and O–H groups in total. The summed E-state index contributed by atoms with van der Waals surface area (Å²) in [6, 6.07) is 12.1. The minimum Gasteiger partial charge on any atom is -0.481 e. The quantitative estimate of drug-likeness (QED) is 0.442. The molecule has 2 fully saturated rings. The maximum atomic E-state index is 13.6. The number of anilines is 1.